The van der Waals surface area contributed by atoms with E-state index in [1.165, 1.54) is 11.3 Å². The summed E-state index contributed by atoms with van der Waals surface area (Å²) >= 11 is 1.39. The molecule has 4 rings (SSSR count). The first kappa shape index (κ1) is 17.5. The van der Waals surface area contributed by atoms with Crippen LogP contribution in [0.2, 0.25) is 0 Å². The number of fused-ring (bicyclic) bond motifs is 3. The third-order valence-electron chi connectivity index (χ3n) is 4.53. The monoisotopic (exact) mass is 380 g/mol. The number of hydrogen-bond acceptors (Lipinski definition) is 5. The molecule has 0 unspecified atom stereocenters. The van der Waals surface area contributed by atoms with E-state index in [0.29, 0.717) is 21.0 Å². The molecule has 2 heterocycles. The third-order valence-corrected chi connectivity index (χ3v) is 5.50. The number of thiazole rings is 1. The van der Waals surface area contributed by atoms with E-state index in [1.54, 1.807) is 11.5 Å². The van der Waals surface area contributed by atoms with Gasteiger partial charge in [0.15, 0.2) is 16.5 Å². The fourth-order valence-electron chi connectivity index (χ4n) is 2.93. The summed E-state index contributed by atoms with van der Waals surface area (Å²) in [7, 11) is 1.62. The van der Waals surface area contributed by atoms with Crippen molar-refractivity contribution in [2.75, 3.05) is 7.11 Å². The summed E-state index contributed by atoms with van der Waals surface area (Å²) in [6.45, 7) is 4.10. The fraction of sp³-hybridized carbons (Fsp3) is 0.238. The Kier molecular flexibility index (Phi) is 4.58. The third kappa shape index (κ3) is 3.17. The van der Waals surface area contributed by atoms with E-state index in [-0.39, 0.29) is 11.7 Å². The fourth-order valence-corrected chi connectivity index (χ4v) is 3.92. The van der Waals surface area contributed by atoms with Gasteiger partial charge in [-0.15, -0.1) is 0 Å². The van der Waals surface area contributed by atoms with Crippen LogP contribution in [-0.4, -0.2) is 22.6 Å². The van der Waals surface area contributed by atoms with Crippen LogP contribution in [0.3, 0.4) is 0 Å². The molecule has 0 saturated heterocycles. The smallest absolute Gasteiger partial charge is 0.274 e. The second kappa shape index (κ2) is 7.04. The highest BCUT2D eigenvalue weighted by Gasteiger charge is 2.12. The Morgan fingerprint density at radius 1 is 1.22 bits per heavy atom. The van der Waals surface area contributed by atoms with Crippen molar-refractivity contribution in [3.63, 3.8) is 0 Å². The molecule has 2 aromatic carbocycles. The lowest BCUT2D eigenvalue weighted by molar-refractivity contribution is 0.207. The highest BCUT2D eigenvalue weighted by atomic mass is 32.1. The van der Waals surface area contributed by atoms with E-state index < -0.39 is 0 Å². The zero-order chi connectivity index (χ0) is 19.0. The highest BCUT2D eigenvalue weighted by Crippen LogP contribution is 2.29. The summed E-state index contributed by atoms with van der Waals surface area (Å²) in [5.41, 5.74) is 2.50. The second-order valence-electron chi connectivity index (χ2n) is 6.38. The quantitative estimate of drug-likeness (QED) is 0.530. The van der Waals surface area contributed by atoms with Crippen LogP contribution in [0.5, 0.6) is 11.5 Å². The van der Waals surface area contributed by atoms with Gasteiger partial charge in [-0.05, 0) is 49.2 Å². The molecule has 1 atom stereocenters. The van der Waals surface area contributed by atoms with Crippen molar-refractivity contribution < 1.29 is 9.47 Å². The van der Waals surface area contributed by atoms with Crippen LogP contribution < -0.4 is 19.6 Å². The molecular weight excluding hydrogens is 360 g/mol. The lowest BCUT2D eigenvalue weighted by Gasteiger charge is -2.15. The van der Waals surface area contributed by atoms with Gasteiger partial charge in [0, 0.05) is 0 Å². The Balaban J connectivity index is 1.79. The molecule has 0 aliphatic rings. The molecule has 0 fully saturated rings. The second-order valence-corrected chi connectivity index (χ2v) is 7.39. The van der Waals surface area contributed by atoms with Crippen LogP contribution in [-0.2, 0) is 0 Å². The first-order valence-corrected chi connectivity index (χ1v) is 9.68. The topological polar surface area (TPSA) is 52.8 Å². The molecule has 0 N–H and O–H groups in total. The molecule has 27 heavy (non-hydrogen) atoms. The van der Waals surface area contributed by atoms with Crippen LogP contribution in [0.15, 0.2) is 47.3 Å². The van der Waals surface area contributed by atoms with Crippen LogP contribution in [0.1, 0.15) is 25.8 Å². The Morgan fingerprint density at radius 2 is 2.04 bits per heavy atom. The van der Waals surface area contributed by atoms with Gasteiger partial charge < -0.3 is 9.47 Å². The maximum Gasteiger partial charge on any atom is 0.274 e. The molecule has 0 spiro atoms. The summed E-state index contributed by atoms with van der Waals surface area (Å²) in [6, 6.07) is 13.4. The maximum atomic E-state index is 12.9. The van der Waals surface area contributed by atoms with Crippen LogP contribution >= 0.6 is 11.3 Å². The lowest BCUT2D eigenvalue weighted by Crippen LogP contribution is -2.22. The summed E-state index contributed by atoms with van der Waals surface area (Å²) < 4.78 is 13.7. The van der Waals surface area contributed by atoms with Crippen molar-refractivity contribution >= 4 is 33.4 Å². The standard InChI is InChI=1S/C21H20N2O3S/c1-4-13(2)26-17-10-9-14(11-18(17)25-3)12-19-20(24)23-16-8-6-5-7-15(16)22-21(23)27-19/h5-13H,4H2,1-3H3/t13-/m0/s1. The number of rotatable bonds is 5. The van der Waals surface area contributed by atoms with Crippen molar-refractivity contribution in [3.05, 3.63) is 62.9 Å². The number of methoxy groups -OCH3 is 1. The van der Waals surface area contributed by atoms with Crippen molar-refractivity contribution in [2.45, 2.75) is 26.4 Å². The van der Waals surface area contributed by atoms with Crippen LogP contribution in [0.4, 0.5) is 0 Å². The van der Waals surface area contributed by atoms with Gasteiger partial charge in [0.25, 0.3) is 5.56 Å². The van der Waals surface area contributed by atoms with Crippen LogP contribution in [0.25, 0.3) is 22.1 Å². The Bertz CT molecular complexity index is 1230. The summed E-state index contributed by atoms with van der Waals surface area (Å²) in [5, 5.41) is 0. The maximum absolute atomic E-state index is 12.9. The average Bonchev–Trinajstić information content (AvgIpc) is 3.19. The Hall–Kier alpha value is -2.86. The van der Waals surface area contributed by atoms with Gasteiger partial charge >= 0.3 is 0 Å². The number of aromatic nitrogens is 2. The van der Waals surface area contributed by atoms with Crippen molar-refractivity contribution in [3.8, 4) is 11.5 Å². The minimum absolute atomic E-state index is 0.0531. The SMILES string of the molecule is CC[C@H](C)Oc1ccc(C=c2sc3nc4ccccc4n3c2=O)cc1OC. The highest BCUT2D eigenvalue weighted by molar-refractivity contribution is 7.15. The average molecular weight is 380 g/mol. The van der Waals surface area contributed by atoms with Gasteiger partial charge in [-0.25, -0.2) is 9.38 Å². The summed E-state index contributed by atoms with van der Waals surface area (Å²) in [6.07, 6.45) is 2.89. The molecule has 4 aromatic rings. The van der Waals surface area contributed by atoms with E-state index in [9.17, 15) is 4.79 Å². The molecule has 0 bridgehead atoms. The molecule has 0 saturated carbocycles. The lowest BCUT2D eigenvalue weighted by atomic mass is 10.2. The number of para-hydroxylation sites is 2. The largest absolute Gasteiger partial charge is 0.493 e. The van der Waals surface area contributed by atoms with E-state index in [2.05, 4.69) is 11.9 Å². The zero-order valence-electron chi connectivity index (χ0n) is 15.4. The van der Waals surface area contributed by atoms with Crippen molar-refractivity contribution in [1.82, 2.24) is 9.38 Å². The minimum Gasteiger partial charge on any atom is -0.493 e. The van der Waals surface area contributed by atoms with E-state index >= 15 is 0 Å². The Morgan fingerprint density at radius 3 is 2.81 bits per heavy atom. The minimum atomic E-state index is -0.0531. The number of nitrogens with zero attached hydrogens (tertiary/aromatic N) is 2. The van der Waals surface area contributed by atoms with Crippen molar-refractivity contribution in [1.29, 1.82) is 0 Å². The van der Waals surface area contributed by atoms with Crippen LogP contribution in [0, 0.1) is 0 Å². The molecule has 0 amide bonds. The molecule has 0 aliphatic heterocycles. The first-order valence-electron chi connectivity index (χ1n) is 8.87. The predicted octanol–water partition coefficient (Wildman–Crippen LogP) is 3.64. The molecule has 5 nitrogen and oxygen atoms in total. The van der Waals surface area contributed by atoms with E-state index in [4.69, 9.17) is 9.47 Å². The molecular formula is C21H20N2O3S. The summed E-state index contributed by atoms with van der Waals surface area (Å²) in [5.74, 6) is 1.36. The van der Waals surface area contributed by atoms with Gasteiger partial charge in [0.1, 0.15) is 0 Å². The number of hydrogen-bond donors (Lipinski definition) is 0. The van der Waals surface area contributed by atoms with Gasteiger partial charge in [0.05, 0.1) is 28.8 Å². The normalized spacial score (nSPS) is 13.4. The number of ether oxygens (including phenoxy) is 2. The van der Waals surface area contributed by atoms with Gasteiger partial charge in [-0.1, -0.05) is 36.5 Å². The number of benzene rings is 2. The molecule has 6 heteroatoms. The predicted molar refractivity (Wildman–Crippen MR) is 109 cm³/mol. The van der Waals surface area contributed by atoms with E-state index in [1.807, 2.05) is 55.5 Å². The zero-order valence-corrected chi connectivity index (χ0v) is 16.2. The molecule has 138 valence electrons. The molecule has 2 aromatic heterocycles. The van der Waals surface area contributed by atoms with E-state index in [0.717, 1.165) is 23.0 Å². The van der Waals surface area contributed by atoms with Gasteiger partial charge in [-0.3, -0.25) is 4.79 Å². The summed E-state index contributed by atoms with van der Waals surface area (Å²) in [4.78, 5) is 18.1. The first-order chi connectivity index (χ1) is 13.1. The number of imidazole rings is 1. The molecule has 0 aliphatic carbocycles. The van der Waals surface area contributed by atoms with Gasteiger partial charge in [0.2, 0.25) is 0 Å². The Labute approximate surface area is 160 Å². The molecule has 0 radical (unpaired) electrons. The van der Waals surface area contributed by atoms with Gasteiger partial charge in [-0.2, -0.15) is 0 Å². The van der Waals surface area contributed by atoms with Crippen molar-refractivity contribution in [2.24, 2.45) is 0 Å².